The monoisotopic (exact) mass is 257 g/mol. The first-order valence-corrected chi connectivity index (χ1v) is 6.94. The van der Waals surface area contributed by atoms with Crippen LogP contribution in [0.3, 0.4) is 0 Å². The van der Waals surface area contributed by atoms with Gasteiger partial charge in [0.05, 0.1) is 17.1 Å². The van der Waals surface area contributed by atoms with Crippen molar-refractivity contribution in [3.8, 4) is 0 Å². The largest absolute Gasteiger partial charge is 0.333 e. The number of likely N-dealkylation sites (tertiary alicyclic amines) is 1. The van der Waals surface area contributed by atoms with E-state index in [1.807, 2.05) is 23.1 Å². The molecule has 0 unspecified atom stereocenters. The summed E-state index contributed by atoms with van der Waals surface area (Å²) >= 11 is 0. The summed E-state index contributed by atoms with van der Waals surface area (Å²) in [5.74, 6) is 1.19. The van der Waals surface area contributed by atoms with E-state index in [0.29, 0.717) is 0 Å². The number of fused-ring (bicyclic) bond motifs is 1. The number of hydrogen-bond donors (Lipinski definition) is 0. The number of aromatic nitrogens is 2. The van der Waals surface area contributed by atoms with Gasteiger partial charge >= 0.3 is 0 Å². The summed E-state index contributed by atoms with van der Waals surface area (Å²) in [7, 11) is 0. The van der Waals surface area contributed by atoms with Gasteiger partial charge in [-0.05, 0) is 31.9 Å². The SMILES string of the molecule is CCn1c([C@H]2CCCN2C(C)=O)nc2ccccc21. The molecule has 0 N–H and O–H groups in total. The zero-order chi connectivity index (χ0) is 13.4. The Balaban J connectivity index is 2.11. The predicted molar refractivity (Wildman–Crippen MR) is 74.8 cm³/mol. The van der Waals surface area contributed by atoms with E-state index in [1.54, 1.807) is 6.92 Å². The summed E-state index contributed by atoms with van der Waals surface area (Å²) in [4.78, 5) is 18.5. The number of para-hydroxylation sites is 2. The van der Waals surface area contributed by atoms with Gasteiger partial charge in [-0.1, -0.05) is 12.1 Å². The van der Waals surface area contributed by atoms with Crippen LogP contribution in [0.15, 0.2) is 24.3 Å². The maximum atomic E-state index is 11.7. The molecule has 1 fully saturated rings. The van der Waals surface area contributed by atoms with Gasteiger partial charge in [-0.2, -0.15) is 0 Å². The van der Waals surface area contributed by atoms with Crippen LogP contribution in [-0.4, -0.2) is 26.9 Å². The van der Waals surface area contributed by atoms with Crippen LogP contribution in [0.5, 0.6) is 0 Å². The summed E-state index contributed by atoms with van der Waals surface area (Å²) in [6.07, 6.45) is 2.08. The van der Waals surface area contributed by atoms with E-state index in [1.165, 1.54) is 0 Å². The van der Waals surface area contributed by atoms with Crippen LogP contribution < -0.4 is 0 Å². The van der Waals surface area contributed by atoms with E-state index in [4.69, 9.17) is 4.98 Å². The minimum absolute atomic E-state index is 0.143. The molecule has 4 heteroatoms. The molecule has 0 saturated carbocycles. The smallest absolute Gasteiger partial charge is 0.220 e. The second kappa shape index (κ2) is 4.68. The minimum Gasteiger partial charge on any atom is -0.333 e. The molecule has 1 amide bonds. The van der Waals surface area contributed by atoms with Crippen molar-refractivity contribution in [1.82, 2.24) is 14.5 Å². The molecule has 0 spiro atoms. The van der Waals surface area contributed by atoms with Crippen molar-refractivity contribution in [2.75, 3.05) is 6.54 Å². The van der Waals surface area contributed by atoms with Crippen LogP contribution in [0.1, 0.15) is 38.6 Å². The zero-order valence-corrected chi connectivity index (χ0v) is 11.5. The number of carbonyl (C=O) groups is 1. The maximum absolute atomic E-state index is 11.7. The third kappa shape index (κ3) is 1.91. The first-order chi connectivity index (χ1) is 9.22. The predicted octanol–water partition coefficient (Wildman–Crippen LogP) is 2.74. The van der Waals surface area contributed by atoms with E-state index in [9.17, 15) is 4.79 Å². The highest BCUT2D eigenvalue weighted by Crippen LogP contribution is 2.33. The number of hydrogen-bond acceptors (Lipinski definition) is 2. The Bertz CT molecular complexity index is 617. The highest BCUT2D eigenvalue weighted by molar-refractivity contribution is 5.77. The Labute approximate surface area is 113 Å². The van der Waals surface area contributed by atoms with Gasteiger partial charge in [-0.15, -0.1) is 0 Å². The molecule has 1 atom stereocenters. The molecule has 3 rings (SSSR count). The Morgan fingerprint density at radius 1 is 1.42 bits per heavy atom. The Kier molecular flexibility index (Phi) is 3.01. The lowest BCUT2D eigenvalue weighted by molar-refractivity contribution is -0.129. The summed E-state index contributed by atoms with van der Waals surface area (Å²) in [6.45, 7) is 5.52. The van der Waals surface area contributed by atoms with Gasteiger partial charge in [0.2, 0.25) is 5.91 Å². The van der Waals surface area contributed by atoms with Crippen molar-refractivity contribution in [1.29, 1.82) is 0 Å². The van der Waals surface area contributed by atoms with Gasteiger partial charge in [0.25, 0.3) is 0 Å². The number of imidazole rings is 1. The number of carbonyl (C=O) groups excluding carboxylic acids is 1. The fourth-order valence-electron chi connectivity index (χ4n) is 3.09. The summed E-state index contributed by atoms with van der Waals surface area (Å²) < 4.78 is 2.24. The van der Waals surface area contributed by atoms with Gasteiger partial charge in [-0.3, -0.25) is 4.79 Å². The van der Waals surface area contributed by atoms with Crippen LogP contribution >= 0.6 is 0 Å². The van der Waals surface area contributed by atoms with E-state index in [2.05, 4.69) is 17.6 Å². The fourth-order valence-corrected chi connectivity index (χ4v) is 3.09. The van der Waals surface area contributed by atoms with Crippen molar-refractivity contribution in [3.63, 3.8) is 0 Å². The van der Waals surface area contributed by atoms with Gasteiger partial charge in [0.1, 0.15) is 5.82 Å². The molecule has 0 aliphatic carbocycles. The number of aryl methyl sites for hydroxylation is 1. The second-order valence-corrected chi connectivity index (χ2v) is 5.07. The fraction of sp³-hybridized carbons (Fsp3) is 0.467. The molecule has 1 aliphatic rings. The van der Waals surface area contributed by atoms with Crippen LogP contribution in [-0.2, 0) is 11.3 Å². The van der Waals surface area contributed by atoms with Crippen LogP contribution in [0, 0.1) is 0 Å². The van der Waals surface area contributed by atoms with Gasteiger partial charge in [-0.25, -0.2) is 4.98 Å². The quantitative estimate of drug-likeness (QED) is 0.829. The molecule has 1 aromatic heterocycles. The lowest BCUT2D eigenvalue weighted by Gasteiger charge is -2.23. The molecule has 2 heterocycles. The molecule has 1 aromatic carbocycles. The van der Waals surface area contributed by atoms with E-state index < -0.39 is 0 Å². The number of amides is 1. The van der Waals surface area contributed by atoms with E-state index >= 15 is 0 Å². The third-order valence-corrected chi connectivity index (χ3v) is 3.96. The molecule has 1 saturated heterocycles. The summed E-state index contributed by atoms with van der Waals surface area (Å²) in [6, 6.07) is 8.33. The lowest BCUT2D eigenvalue weighted by Crippen LogP contribution is -2.29. The average molecular weight is 257 g/mol. The second-order valence-electron chi connectivity index (χ2n) is 5.07. The van der Waals surface area contributed by atoms with E-state index in [0.717, 1.165) is 42.8 Å². The Hall–Kier alpha value is -1.84. The first kappa shape index (κ1) is 12.2. The molecule has 1 aliphatic heterocycles. The molecule has 100 valence electrons. The molecular weight excluding hydrogens is 238 g/mol. The molecular formula is C15H19N3O. The topological polar surface area (TPSA) is 38.1 Å². The molecule has 19 heavy (non-hydrogen) atoms. The van der Waals surface area contributed by atoms with E-state index in [-0.39, 0.29) is 11.9 Å². The number of rotatable bonds is 2. The van der Waals surface area contributed by atoms with Crippen LogP contribution in [0.4, 0.5) is 0 Å². The lowest BCUT2D eigenvalue weighted by atomic mass is 10.2. The standard InChI is InChI=1S/C15H19N3O/c1-3-17-13-8-5-4-7-12(13)16-15(17)14-9-6-10-18(14)11(2)19/h4-5,7-8,14H,3,6,9-10H2,1-2H3/t14-/m1/s1. The highest BCUT2D eigenvalue weighted by atomic mass is 16.2. The van der Waals surface area contributed by atoms with Gasteiger partial charge in [0, 0.05) is 20.0 Å². The van der Waals surface area contributed by atoms with Crippen LogP contribution in [0.2, 0.25) is 0 Å². The summed E-state index contributed by atoms with van der Waals surface area (Å²) in [5, 5.41) is 0. The minimum atomic E-state index is 0.143. The molecule has 0 radical (unpaired) electrons. The summed E-state index contributed by atoms with van der Waals surface area (Å²) in [5.41, 5.74) is 2.19. The first-order valence-electron chi connectivity index (χ1n) is 6.94. The Morgan fingerprint density at radius 2 is 2.21 bits per heavy atom. The van der Waals surface area contributed by atoms with Crippen molar-refractivity contribution < 1.29 is 4.79 Å². The molecule has 0 bridgehead atoms. The van der Waals surface area contributed by atoms with Crippen molar-refractivity contribution in [2.45, 2.75) is 39.3 Å². The van der Waals surface area contributed by atoms with Gasteiger partial charge in [0.15, 0.2) is 0 Å². The molecule has 2 aromatic rings. The Morgan fingerprint density at radius 3 is 2.95 bits per heavy atom. The zero-order valence-electron chi connectivity index (χ0n) is 11.5. The average Bonchev–Trinajstić information content (AvgIpc) is 3.02. The maximum Gasteiger partial charge on any atom is 0.220 e. The molecule has 4 nitrogen and oxygen atoms in total. The van der Waals surface area contributed by atoms with Crippen molar-refractivity contribution in [3.05, 3.63) is 30.1 Å². The highest BCUT2D eigenvalue weighted by Gasteiger charge is 2.31. The van der Waals surface area contributed by atoms with Crippen molar-refractivity contribution in [2.24, 2.45) is 0 Å². The number of benzene rings is 1. The van der Waals surface area contributed by atoms with Crippen LogP contribution in [0.25, 0.3) is 11.0 Å². The van der Waals surface area contributed by atoms with Gasteiger partial charge < -0.3 is 9.47 Å². The van der Waals surface area contributed by atoms with Crippen molar-refractivity contribution >= 4 is 16.9 Å². The third-order valence-electron chi connectivity index (χ3n) is 3.96. The number of nitrogens with zero attached hydrogens (tertiary/aromatic N) is 3. The normalized spacial score (nSPS) is 19.3.